The van der Waals surface area contributed by atoms with E-state index in [1.807, 2.05) is 25.2 Å². The van der Waals surface area contributed by atoms with E-state index in [2.05, 4.69) is 31.8 Å². The SMILES string of the molecule is CCCOC1=S=C(C(C)C)c2c(oc3ccccc3c2=NC)C1. The van der Waals surface area contributed by atoms with Gasteiger partial charge in [0, 0.05) is 17.3 Å². The molecule has 23 heavy (non-hydrogen) atoms. The number of para-hydroxylation sites is 1. The molecule has 0 spiro atoms. The molecule has 0 fully saturated rings. The number of hydrogen-bond donors (Lipinski definition) is 0. The van der Waals surface area contributed by atoms with Gasteiger partial charge in [-0.25, -0.2) is 0 Å². The van der Waals surface area contributed by atoms with Gasteiger partial charge in [0.2, 0.25) is 0 Å². The molecule has 0 atom stereocenters. The molecule has 0 aliphatic carbocycles. The molecular weight excluding hydrogens is 306 g/mol. The molecule has 0 bridgehead atoms. The summed E-state index contributed by atoms with van der Waals surface area (Å²) in [5.41, 5.74) is 2.05. The molecule has 1 aromatic carbocycles. The van der Waals surface area contributed by atoms with E-state index < -0.39 is 0 Å². The van der Waals surface area contributed by atoms with E-state index in [1.54, 1.807) is 10.9 Å². The number of nitrogens with zero attached hydrogens (tertiary/aromatic N) is 1. The van der Waals surface area contributed by atoms with Crippen molar-refractivity contribution in [2.75, 3.05) is 13.7 Å². The van der Waals surface area contributed by atoms with E-state index >= 15 is 0 Å². The fraction of sp³-hybridized carbons (Fsp3) is 0.421. The zero-order valence-electron chi connectivity index (χ0n) is 14.2. The second-order valence-electron chi connectivity index (χ2n) is 5.99. The molecule has 0 saturated heterocycles. The highest BCUT2D eigenvalue weighted by Gasteiger charge is 2.23. The maximum absolute atomic E-state index is 6.22. The third-order valence-electron chi connectivity index (χ3n) is 3.88. The highest BCUT2D eigenvalue weighted by molar-refractivity contribution is 7.98. The molecule has 1 aromatic heterocycles. The molecule has 1 aliphatic heterocycles. The van der Waals surface area contributed by atoms with Gasteiger partial charge in [0.15, 0.2) is 0 Å². The van der Waals surface area contributed by atoms with Gasteiger partial charge in [-0.3, -0.25) is 4.99 Å². The third-order valence-corrected chi connectivity index (χ3v) is 5.27. The van der Waals surface area contributed by atoms with Crippen LogP contribution in [0.2, 0.25) is 0 Å². The minimum atomic E-state index is 0.399. The number of hydrogen-bond acceptors (Lipinski definition) is 3. The van der Waals surface area contributed by atoms with Crippen molar-refractivity contribution >= 4 is 31.8 Å². The summed E-state index contributed by atoms with van der Waals surface area (Å²) < 4.78 is 12.1. The molecule has 0 amide bonds. The van der Waals surface area contributed by atoms with Crippen LogP contribution in [0.25, 0.3) is 11.0 Å². The normalized spacial score (nSPS) is 15.3. The van der Waals surface area contributed by atoms with E-state index in [4.69, 9.17) is 9.15 Å². The molecule has 2 heterocycles. The predicted octanol–water partition coefficient (Wildman–Crippen LogP) is 3.99. The van der Waals surface area contributed by atoms with E-state index in [0.717, 1.165) is 45.7 Å². The van der Waals surface area contributed by atoms with Crippen LogP contribution in [0.1, 0.15) is 38.5 Å². The van der Waals surface area contributed by atoms with E-state index in [9.17, 15) is 0 Å². The summed E-state index contributed by atoms with van der Waals surface area (Å²) in [4.78, 5) is 5.87. The standard InChI is InChI=1S/C19H23NO2S/c1-5-10-21-16-11-15-17(19(23-16)12(2)3)18(20-4)13-8-6-7-9-14(13)22-15/h6-9,12H,5,10-11H2,1-4H3. The first-order valence-electron chi connectivity index (χ1n) is 8.17. The summed E-state index contributed by atoms with van der Waals surface area (Å²) in [6, 6.07) is 8.12. The Hall–Kier alpha value is -1.65. The quantitative estimate of drug-likeness (QED) is 0.798. The van der Waals surface area contributed by atoms with Gasteiger partial charge in [0.05, 0.1) is 23.9 Å². The summed E-state index contributed by atoms with van der Waals surface area (Å²) in [5.74, 6) is 1.37. The smallest absolute Gasteiger partial charge is 0.136 e. The largest absolute Gasteiger partial charge is 0.460 e. The first-order valence-corrected chi connectivity index (χ1v) is 8.98. The monoisotopic (exact) mass is 329 g/mol. The maximum atomic E-state index is 6.22. The Bertz CT molecular complexity index is 871. The Labute approximate surface area is 140 Å². The summed E-state index contributed by atoms with van der Waals surface area (Å²) in [7, 11) is 3.61. The van der Waals surface area contributed by atoms with Crippen molar-refractivity contribution in [1.82, 2.24) is 0 Å². The van der Waals surface area contributed by atoms with Crippen molar-refractivity contribution in [3.8, 4) is 0 Å². The molecule has 122 valence electrons. The van der Waals surface area contributed by atoms with Gasteiger partial charge in [0.1, 0.15) is 16.4 Å². The average molecular weight is 329 g/mol. The summed E-state index contributed by atoms with van der Waals surface area (Å²) in [6.07, 6.45) is 1.72. The Balaban J connectivity index is 2.31. The lowest BCUT2D eigenvalue weighted by Crippen LogP contribution is -2.27. The molecule has 1 aliphatic rings. The fourth-order valence-electron chi connectivity index (χ4n) is 2.86. The Kier molecular flexibility index (Phi) is 4.83. The van der Waals surface area contributed by atoms with E-state index in [0.29, 0.717) is 12.3 Å². The number of fused-ring (bicyclic) bond motifs is 2. The highest BCUT2D eigenvalue weighted by atomic mass is 32.1. The lowest BCUT2D eigenvalue weighted by molar-refractivity contribution is 0.304. The second-order valence-corrected chi connectivity index (χ2v) is 7.09. The van der Waals surface area contributed by atoms with Crippen molar-refractivity contribution < 1.29 is 9.15 Å². The first-order chi connectivity index (χ1) is 11.2. The summed E-state index contributed by atoms with van der Waals surface area (Å²) in [5, 5.41) is 3.14. The lowest BCUT2D eigenvalue weighted by Gasteiger charge is -2.20. The first kappa shape index (κ1) is 16.2. The van der Waals surface area contributed by atoms with Crippen LogP contribution in [0.15, 0.2) is 33.7 Å². The number of benzene rings is 1. The zero-order chi connectivity index (χ0) is 16.4. The van der Waals surface area contributed by atoms with Crippen molar-refractivity contribution in [2.24, 2.45) is 10.9 Å². The van der Waals surface area contributed by atoms with Crippen molar-refractivity contribution in [3.05, 3.63) is 40.9 Å². The molecule has 0 unspecified atom stereocenters. The van der Waals surface area contributed by atoms with Crippen molar-refractivity contribution in [3.63, 3.8) is 0 Å². The maximum Gasteiger partial charge on any atom is 0.136 e. The molecule has 0 N–H and O–H groups in total. The van der Waals surface area contributed by atoms with Gasteiger partial charge in [-0.05, 0) is 24.5 Å². The van der Waals surface area contributed by atoms with Crippen LogP contribution in [0.5, 0.6) is 0 Å². The van der Waals surface area contributed by atoms with Crippen LogP contribution in [0.4, 0.5) is 0 Å². The van der Waals surface area contributed by atoms with Crippen LogP contribution in [-0.4, -0.2) is 23.6 Å². The second kappa shape index (κ2) is 6.85. The molecule has 2 aromatic rings. The molecule has 3 rings (SSSR count). The van der Waals surface area contributed by atoms with Gasteiger partial charge in [0.25, 0.3) is 0 Å². The molecule has 3 nitrogen and oxygen atoms in total. The number of ether oxygens (including phenoxy) is 1. The fourth-order valence-corrected chi connectivity index (χ4v) is 4.00. The Morgan fingerprint density at radius 3 is 2.78 bits per heavy atom. The van der Waals surface area contributed by atoms with Gasteiger partial charge >= 0.3 is 0 Å². The summed E-state index contributed by atoms with van der Waals surface area (Å²) in [6.45, 7) is 7.30. The predicted molar refractivity (Wildman–Crippen MR) is 99.2 cm³/mol. The summed E-state index contributed by atoms with van der Waals surface area (Å²) >= 11 is 0. The van der Waals surface area contributed by atoms with E-state index in [1.165, 1.54) is 4.86 Å². The molecule has 4 heteroatoms. The lowest BCUT2D eigenvalue weighted by atomic mass is 9.98. The van der Waals surface area contributed by atoms with Crippen LogP contribution >= 0.6 is 10.9 Å². The van der Waals surface area contributed by atoms with Crippen LogP contribution in [0, 0.1) is 5.92 Å². The van der Waals surface area contributed by atoms with Gasteiger partial charge in [-0.1, -0.05) is 32.9 Å². The van der Waals surface area contributed by atoms with Crippen LogP contribution in [-0.2, 0) is 11.2 Å². The van der Waals surface area contributed by atoms with Crippen molar-refractivity contribution in [1.29, 1.82) is 0 Å². The van der Waals surface area contributed by atoms with Gasteiger partial charge < -0.3 is 9.15 Å². The Morgan fingerprint density at radius 2 is 2.09 bits per heavy atom. The van der Waals surface area contributed by atoms with Gasteiger partial charge in [-0.2, -0.15) is 0 Å². The highest BCUT2D eigenvalue weighted by Crippen LogP contribution is 2.24. The average Bonchev–Trinajstić information content (AvgIpc) is 2.56. The number of rotatable bonds is 3. The van der Waals surface area contributed by atoms with Gasteiger partial charge in [-0.15, -0.1) is 10.9 Å². The van der Waals surface area contributed by atoms with Crippen LogP contribution < -0.4 is 5.36 Å². The van der Waals surface area contributed by atoms with E-state index in [-0.39, 0.29) is 0 Å². The zero-order valence-corrected chi connectivity index (χ0v) is 15.0. The van der Waals surface area contributed by atoms with Crippen molar-refractivity contribution in [2.45, 2.75) is 33.6 Å². The molecule has 0 radical (unpaired) electrons. The topological polar surface area (TPSA) is 34.7 Å². The molecule has 0 saturated carbocycles. The minimum absolute atomic E-state index is 0.399. The minimum Gasteiger partial charge on any atom is -0.460 e. The Morgan fingerprint density at radius 1 is 1.30 bits per heavy atom. The van der Waals surface area contributed by atoms with Crippen LogP contribution in [0.3, 0.4) is 0 Å². The third kappa shape index (κ3) is 3.06. The molecular formula is C19H23NO2S.